The van der Waals surface area contributed by atoms with Gasteiger partial charge >= 0.3 is 5.97 Å². The van der Waals surface area contributed by atoms with Crippen LogP contribution in [0, 0.1) is 0 Å². The molecule has 0 aliphatic rings. The lowest BCUT2D eigenvalue weighted by Gasteiger charge is -2.23. The minimum absolute atomic E-state index is 0.0177. The molecule has 0 saturated heterocycles. The molecule has 12 nitrogen and oxygen atoms in total. The van der Waals surface area contributed by atoms with Crippen molar-refractivity contribution in [2.45, 2.75) is 44.3 Å². The highest BCUT2D eigenvalue weighted by molar-refractivity contribution is 5.94. The number of aromatic hydroxyl groups is 1. The van der Waals surface area contributed by atoms with Crippen LogP contribution < -0.4 is 27.4 Å². The van der Waals surface area contributed by atoms with Gasteiger partial charge in [-0.25, -0.2) is 0 Å². The molecule has 4 amide bonds. The zero-order chi connectivity index (χ0) is 23.6. The molecule has 0 radical (unpaired) electrons. The van der Waals surface area contributed by atoms with Crippen LogP contribution in [0.25, 0.3) is 0 Å². The van der Waals surface area contributed by atoms with Crippen molar-refractivity contribution in [3.05, 3.63) is 29.8 Å². The second-order valence-corrected chi connectivity index (χ2v) is 6.90. The molecule has 9 N–H and O–H groups in total. The van der Waals surface area contributed by atoms with Gasteiger partial charge < -0.3 is 37.6 Å². The molecule has 0 unspecified atom stereocenters. The number of carboxylic acid groups (broad SMARTS) is 1. The van der Waals surface area contributed by atoms with E-state index in [0.717, 1.165) is 0 Å². The van der Waals surface area contributed by atoms with E-state index < -0.39 is 54.3 Å². The molecule has 170 valence electrons. The first-order valence-electron chi connectivity index (χ1n) is 9.41. The van der Waals surface area contributed by atoms with Gasteiger partial charge in [0.15, 0.2) is 0 Å². The van der Waals surface area contributed by atoms with Crippen molar-refractivity contribution in [3.8, 4) is 5.75 Å². The van der Waals surface area contributed by atoms with E-state index in [4.69, 9.17) is 16.6 Å². The van der Waals surface area contributed by atoms with Gasteiger partial charge in [-0.05, 0) is 31.0 Å². The van der Waals surface area contributed by atoms with E-state index in [9.17, 15) is 29.1 Å². The molecule has 0 heterocycles. The Hall–Kier alpha value is -3.67. The first kappa shape index (κ1) is 25.4. The Kier molecular flexibility index (Phi) is 9.92. The number of nitrogens with one attached hydrogen (secondary N) is 3. The summed E-state index contributed by atoms with van der Waals surface area (Å²) >= 11 is 0. The number of amides is 4. The summed E-state index contributed by atoms with van der Waals surface area (Å²) in [5, 5.41) is 25.1. The molecule has 1 rings (SSSR count). The maximum absolute atomic E-state index is 12.8. The fourth-order valence-electron chi connectivity index (χ4n) is 2.49. The second kappa shape index (κ2) is 12.1. The number of carbonyl (C=O) groups excluding carboxylic acids is 4. The van der Waals surface area contributed by atoms with Crippen LogP contribution in [0.4, 0.5) is 0 Å². The molecule has 12 heteroatoms. The van der Waals surface area contributed by atoms with Crippen molar-refractivity contribution in [3.63, 3.8) is 0 Å². The van der Waals surface area contributed by atoms with Crippen molar-refractivity contribution >= 4 is 29.6 Å². The Balaban J connectivity index is 3.00. The second-order valence-electron chi connectivity index (χ2n) is 6.90. The molecule has 0 fully saturated rings. The number of hydrogen-bond donors (Lipinski definition) is 7. The van der Waals surface area contributed by atoms with Crippen LogP contribution >= 0.6 is 0 Å². The predicted octanol–water partition coefficient (Wildman–Crippen LogP) is -2.28. The summed E-state index contributed by atoms with van der Waals surface area (Å²) in [7, 11) is 0. The van der Waals surface area contributed by atoms with Gasteiger partial charge in [0.2, 0.25) is 23.6 Å². The summed E-state index contributed by atoms with van der Waals surface area (Å²) in [6.45, 7) is 0.750. The van der Waals surface area contributed by atoms with E-state index in [1.165, 1.54) is 19.1 Å². The number of benzene rings is 1. The predicted molar refractivity (Wildman–Crippen MR) is 108 cm³/mol. The highest BCUT2D eigenvalue weighted by Gasteiger charge is 2.28. The van der Waals surface area contributed by atoms with Crippen molar-refractivity contribution in [1.29, 1.82) is 0 Å². The molecule has 0 aliphatic carbocycles. The fourth-order valence-corrected chi connectivity index (χ4v) is 2.49. The summed E-state index contributed by atoms with van der Waals surface area (Å²) in [6, 6.07) is 2.63. The monoisotopic (exact) mass is 437 g/mol. The highest BCUT2D eigenvalue weighted by atomic mass is 16.4. The molecule has 0 saturated carbocycles. The van der Waals surface area contributed by atoms with Gasteiger partial charge in [0.1, 0.15) is 24.4 Å². The van der Waals surface area contributed by atoms with E-state index >= 15 is 0 Å². The summed E-state index contributed by atoms with van der Waals surface area (Å²) in [6.07, 6.45) is -0.385. The third-order valence-corrected chi connectivity index (χ3v) is 4.15. The normalized spacial score (nSPS) is 13.4. The number of rotatable bonds is 12. The molecule has 0 aliphatic heterocycles. The van der Waals surface area contributed by atoms with E-state index in [-0.39, 0.29) is 25.0 Å². The molecule has 31 heavy (non-hydrogen) atoms. The quantitative estimate of drug-likeness (QED) is 0.189. The topological polar surface area (TPSA) is 214 Å². The van der Waals surface area contributed by atoms with Gasteiger partial charge in [-0.3, -0.25) is 24.0 Å². The van der Waals surface area contributed by atoms with Gasteiger partial charge in [0, 0.05) is 12.8 Å². The van der Waals surface area contributed by atoms with Crippen molar-refractivity contribution in [2.24, 2.45) is 11.5 Å². The van der Waals surface area contributed by atoms with Gasteiger partial charge in [-0.1, -0.05) is 12.1 Å². The summed E-state index contributed by atoms with van der Waals surface area (Å²) in [5.41, 5.74) is 11.3. The summed E-state index contributed by atoms with van der Waals surface area (Å²) in [4.78, 5) is 58.9. The van der Waals surface area contributed by atoms with Crippen LogP contribution in [0.3, 0.4) is 0 Å². The number of phenols is 1. The first-order valence-corrected chi connectivity index (χ1v) is 9.41. The average molecular weight is 437 g/mol. The maximum Gasteiger partial charge on any atom is 0.322 e. The van der Waals surface area contributed by atoms with Crippen LogP contribution in [0.5, 0.6) is 5.75 Å². The smallest absolute Gasteiger partial charge is 0.322 e. The lowest BCUT2D eigenvalue weighted by molar-refractivity contribution is -0.138. The standard InChI is InChI=1S/C19H27N5O7/c1-10(20)17(29)24-14(8-11-2-4-12(25)5-3-11)19(31)23-13(6-7-15(21)26)18(30)22-9-16(27)28/h2-5,10,13-14,25H,6-9,20H2,1H3,(H2,21,26)(H,22,30)(H,23,31)(H,24,29)(H,27,28)/t10-,13-,14-/m0/s1. The average Bonchev–Trinajstić information content (AvgIpc) is 2.69. The Bertz CT molecular complexity index is 810. The van der Waals surface area contributed by atoms with Crippen molar-refractivity contribution in [2.75, 3.05) is 6.54 Å². The molecule has 0 aromatic heterocycles. The van der Waals surface area contributed by atoms with E-state index in [1.807, 2.05) is 0 Å². The van der Waals surface area contributed by atoms with Crippen LogP contribution in [0.1, 0.15) is 25.3 Å². The third-order valence-electron chi connectivity index (χ3n) is 4.15. The number of primary amides is 1. The van der Waals surface area contributed by atoms with Crippen molar-refractivity contribution in [1.82, 2.24) is 16.0 Å². The Morgan fingerprint density at radius 2 is 1.55 bits per heavy atom. The zero-order valence-corrected chi connectivity index (χ0v) is 17.0. The highest BCUT2D eigenvalue weighted by Crippen LogP contribution is 2.12. The first-order chi connectivity index (χ1) is 14.5. The largest absolute Gasteiger partial charge is 0.508 e. The molecular weight excluding hydrogens is 410 g/mol. The Morgan fingerprint density at radius 3 is 2.06 bits per heavy atom. The number of carboxylic acids is 1. The number of aliphatic carboxylic acids is 1. The van der Waals surface area contributed by atoms with Crippen LogP contribution in [-0.2, 0) is 30.4 Å². The summed E-state index contributed by atoms with van der Waals surface area (Å²) < 4.78 is 0. The van der Waals surface area contributed by atoms with Gasteiger partial charge in [-0.15, -0.1) is 0 Å². The number of carbonyl (C=O) groups is 5. The molecule has 1 aromatic carbocycles. The molecule has 0 spiro atoms. The van der Waals surface area contributed by atoms with E-state index in [0.29, 0.717) is 5.56 Å². The number of phenolic OH excluding ortho intramolecular Hbond substituents is 1. The molecule has 3 atom stereocenters. The SMILES string of the molecule is C[C@H](N)C(=O)N[C@@H](Cc1ccc(O)cc1)C(=O)N[C@@H](CCC(N)=O)C(=O)NCC(=O)O. The minimum atomic E-state index is -1.29. The maximum atomic E-state index is 12.8. The lowest BCUT2D eigenvalue weighted by Crippen LogP contribution is -2.56. The number of hydrogen-bond acceptors (Lipinski definition) is 7. The third kappa shape index (κ3) is 9.58. The molecular formula is C19H27N5O7. The molecule has 1 aromatic rings. The van der Waals surface area contributed by atoms with Crippen LogP contribution in [-0.4, -0.2) is 64.5 Å². The van der Waals surface area contributed by atoms with Gasteiger partial charge in [0.05, 0.1) is 6.04 Å². The fraction of sp³-hybridized carbons (Fsp3) is 0.421. The lowest BCUT2D eigenvalue weighted by atomic mass is 10.0. The van der Waals surface area contributed by atoms with Crippen molar-refractivity contribution < 1.29 is 34.2 Å². The van der Waals surface area contributed by atoms with Crippen LogP contribution in [0.15, 0.2) is 24.3 Å². The summed E-state index contributed by atoms with van der Waals surface area (Å²) in [5.74, 6) is -4.16. The zero-order valence-electron chi connectivity index (χ0n) is 17.0. The Labute approximate surface area is 178 Å². The van der Waals surface area contributed by atoms with Gasteiger partial charge in [0.25, 0.3) is 0 Å². The van der Waals surface area contributed by atoms with Gasteiger partial charge in [-0.2, -0.15) is 0 Å². The minimum Gasteiger partial charge on any atom is -0.508 e. The number of nitrogens with two attached hydrogens (primary N) is 2. The van der Waals surface area contributed by atoms with E-state index in [1.54, 1.807) is 12.1 Å². The van der Waals surface area contributed by atoms with E-state index in [2.05, 4.69) is 16.0 Å². The van der Waals surface area contributed by atoms with Crippen LogP contribution in [0.2, 0.25) is 0 Å². The Morgan fingerprint density at radius 1 is 0.968 bits per heavy atom. The molecule has 0 bridgehead atoms.